The average Bonchev–Trinajstić information content (AvgIpc) is 3.25. The van der Waals surface area contributed by atoms with E-state index in [4.69, 9.17) is 18.6 Å². The van der Waals surface area contributed by atoms with Crippen LogP contribution in [0.5, 0.6) is 5.75 Å². The summed E-state index contributed by atoms with van der Waals surface area (Å²) in [7, 11) is 0. The molecule has 12 heteroatoms. The second-order valence-corrected chi connectivity index (χ2v) is 7.27. The van der Waals surface area contributed by atoms with E-state index in [1.54, 1.807) is 30.5 Å². The van der Waals surface area contributed by atoms with Crippen LogP contribution in [0, 0.1) is 0 Å². The van der Waals surface area contributed by atoms with Crippen LogP contribution in [0.3, 0.4) is 0 Å². The molecule has 0 unspecified atom stereocenters. The van der Waals surface area contributed by atoms with E-state index < -0.39 is 42.9 Å². The zero-order valence-corrected chi connectivity index (χ0v) is 16.9. The number of benzene rings is 1. The maximum Gasteiger partial charge on any atom is 0.339 e. The predicted molar refractivity (Wildman–Crippen MR) is 107 cm³/mol. The molecule has 5 atom stereocenters. The molecule has 172 valence electrons. The Bertz CT molecular complexity index is 1100. The highest BCUT2D eigenvalue weighted by Gasteiger charge is 2.43. The molecule has 2 aromatic heterocycles. The average molecular weight is 449 g/mol. The number of fused-ring (bicyclic) bond motifs is 1. The summed E-state index contributed by atoms with van der Waals surface area (Å²) in [6.45, 7) is -0.446. The van der Waals surface area contributed by atoms with Gasteiger partial charge < -0.3 is 39.1 Å². The molecule has 32 heavy (non-hydrogen) atoms. The largest absolute Gasteiger partial charge is 0.470 e. The minimum absolute atomic E-state index is 0.00795. The summed E-state index contributed by atoms with van der Waals surface area (Å²) in [5, 5.41) is 47.4. The third-order valence-corrected chi connectivity index (χ3v) is 5.04. The van der Waals surface area contributed by atoms with Crippen molar-refractivity contribution in [2.45, 2.75) is 43.9 Å². The number of nitrogens with zero attached hydrogens (tertiary/aromatic N) is 3. The quantitative estimate of drug-likeness (QED) is 0.304. The number of rotatable bonds is 8. The molecule has 1 fully saturated rings. The van der Waals surface area contributed by atoms with Gasteiger partial charge in [0.15, 0.2) is 13.0 Å². The van der Waals surface area contributed by atoms with Crippen LogP contribution in [0.4, 0.5) is 0 Å². The Labute approximate surface area is 181 Å². The first-order valence-electron chi connectivity index (χ1n) is 9.93. The molecule has 4 N–H and O–H groups in total. The third kappa shape index (κ3) is 4.80. The minimum atomic E-state index is -1.50. The molecule has 3 heterocycles. The van der Waals surface area contributed by atoms with Gasteiger partial charge in [-0.3, -0.25) is 0 Å². The second-order valence-electron chi connectivity index (χ2n) is 7.27. The Morgan fingerprint density at radius 2 is 1.94 bits per heavy atom. The topological polar surface area (TPSA) is 170 Å². The van der Waals surface area contributed by atoms with E-state index in [0.717, 1.165) is 0 Å². The molecule has 0 amide bonds. The number of aromatic nitrogens is 3. The number of ether oxygens (including phenoxy) is 3. The first-order chi connectivity index (χ1) is 15.5. The Morgan fingerprint density at radius 1 is 1.12 bits per heavy atom. The number of aliphatic hydroxyl groups excluding tert-OH is 4. The predicted octanol–water partition coefficient (Wildman–Crippen LogP) is -1.22. The van der Waals surface area contributed by atoms with Gasteiger partial charge in [-0.1, -0.05) is 17.3 Å². The molecule has 1 aliphatic rings. The molecule has 0 aliphatic carbocycles. The van der Waals surface area contributed by atoms with Crippen molar-refractivity contribution in [3.63, 3.8) is 0 Å². The fourth-order valence-corrected chi connectivity index (χ4v) is 3.34. The summed E-state index contributed by atoms with van der Waals surface area (Å²) in [6.07, 6.45) is -4.70. The van der Waals surface area contributed by atoms with Crippen molar-refractivity contribution < 1.29 is 39.1 Å². The van der Waals surface area contributed by atoms with E-state index >= 15 is 0 Å². The van der Waals surface area contributed by atoms with Crippen molar-refractivity contribution in [1.82, 2.24) is 15.0 Å². The molecule has 1 aliphatic heterocycles. The summed E-state index contributed by atoms with van der Waals surface area (Å²) in [6, 6.07) is 8.26. The molecule has 0 saturated carbocycles. The monoisotopic (exact) mass is 449 g/mol. The van der Waals surface area contributed by atoms with Gasteiger partial charge in [0.05, 0.1) is 36.6 Å². The van der Waals surface area contributed by atoms with Crippen LogP contribution >= 0.6 is 0 Å². The Morgan fingerprint density at radius 3 is 2.75 bits per heavy atom. The summed E-state index contributed by atoms with van der Waals surface area (Å²) in [4.78, 5) is 11.7. The first kappa shape index (κ1) is 22.3. The molecule has 12 nitrogen and oxygen atoms in total. The lowest BCUT2D eigenvalue weighted by Crippen LogP contribution is -2.59. The minimum Gasteiger partial charge on any atom is -0.470 e. The summed E-state index contributed by atoms with van der Waals surface area (Å²) in [5.41, 5.74) is 0.457. The lowest BCUT2D eigenvalue weighted by atomic mass is 9.99. The molecule has 1 saturated heterocycles. The fraction of sp³-hybridized carbons (Fsp3) is 0.450. The van der Waals surface area contributed by atoms with Gasteiger partial charge in [0.1, 0.15) is 35.7 Å². The van der Waals surface area contributed by atoms with Crippen molar-refractivity contribution in [3.8, 4) is 5.75 Å². The van der Waals surface area contributed by atoms with Crippen LogP contribution in [0.1, 0.15) is 5.69 Å². The van der Waals surface area contributed by atoms with Crippen LogP contribution in [0.15, 0.2) is 45.7 Å². The lowest BCUT2D eigenvalue weighted by molar-refractivity contribution is -0.300. The van der Waals surface area contributed by atoms with Gasteiger partial charge in [0.2, 0.25) is 0 Å². The smallest absolute Gasteiger partial charge is 0.339 e. The number of para-hydroxylation sites is 1. The third-order valence-electron chi connectivity index (χ3n) is 5.04. The van der Waals surface area contributed by atoms with Crippen molar-refractivity contribution >= 4 is 11.0 Å². The summed E-state index contributed by atoms with van der Waals surface area (Å²) < 4.78 is 23.0. The molecular formula is C20H23N3O9. The highest BCUT2D eigenvalue weighted by molar-refractivity contribution is 5.82. The van der Waals surface area contributed by atoms with E-state index in [1.807, 2.05) is 0 Å². The summed E-state index contributed by atoms with van der Waals surface area (Å²) in [5.74, 6) is 0.361. The van der Waals surface area contributed by atoms with E-state index in [1.165, 1.54) is 10.7 Å². The Kier molecular flexibility index (Phi) is 6.79. The molecule has 4 rings (SSSR count). The van der Waals surface area contributed by atoms with Crippen LogP contribution < -0.4 is 10.4 Å². The van der Waals surface area contributed by atoms with Crippen molar-refractivity contribution in [2.75, 3.05) is 13.2 Å². The first-order valence-corrected chi connectivity index (χ1v) is 9.93. The van der Waals surface area contributed by atoms with Gasteiger partial charge in [-0.05, 0) is 12.1 Å². The van der Waals surface area contributed by atoms with Gasteiger partial charge in [-0.2, -0.15) is 0 Å². The standard InChI is InChI=1S/C20H23N3O9/c24-9-15-17(26)18(27)19(28)20(32-15)29-6-5-11-8-23(22-21-11)10-30-14-7-16(25)31-13-4-2-1-3-12(13)14/h1-4,7-8,15,17-20,24,26-28H,5-6,9-10H2/t15-,17+,18+,19-,20-/m1/s1. The fourth-order valence-electron chi connectivity index (χ4n) is 3.34. The van der Waals surface area contributed by atoms with E-state index in [2.05, 4.69) is 10.3 Å². The normalized spacial score (nSPS) is 25.8. The molecule has 3 aromatic rings. The van der Waals surface area contributed by atoms with Crippen LogP contribution in [-0.4, -0.2) is 79.3 Å². The van der Waals surface area contributed by atoms with Gasteiger partial charge in [-0.25, -0.2) is 9.48 Å². The highest BCUT2D eigenvalue weighted by Crippen LogP contribution is 2.24. The highest BCUT2D eigenvalue weighted by atomic mass is 16.7. The van der Waals surface area contributed by atoms with Crippen LogP contribution in [-0.2, 0) is 22.6 Å². The van der Waals surface area contributed by atoms with Gasteiger partial charge >= 0.3 is 5.63 Å². The molecule has 1 aromatic carbocycles. The SMILES string of the molecule is O=c1cc(OCn2cc(CCO[C@@H]3O[C@H](CO)[C@H](O)[C@H](O)[C@H]3O)nn2)c2ccccc2o1. The molecule has 0 radical (unpaired) electrons. The van der Waals surface area contributed by atoms with E-state index in [0.29, 0.717) is 28.8 Å². The Balaban J connectivity index is 1.31. The van der Waals surface area contributed by atoms with E-state index in [-0.39, 0.29) is 13.3 Å². The van der Waals surface area contributed by atoms with Gasteiger partial charge in [0.25, 0.3) is 0 Å². The number of hydrogen-bond donors (Lipinski definition) is 4. The van der Waals surface area contributed by atoms with Crippen molar-refractivity contribution in [3.05, 3.63) is 52.6 Å². The number of aliphatic hydroxyl groups is 4. The van der Waals surface area contributed by atoms with Crippen LogP contribution in [0.25, 0.3) is 11.0 Å². The van der Waals surface area contributed by atoms with Crippen molar-refractivity contribution in [1.29, 1.82) is 0 Å². The second kappa shape index (κ2) is 9.73. The molecular weight excluding hydrogens is 426 g/mol. The van der Waals surface area contributed by atoms with Crippen molar-refractivity contribution in [2.24, 2.45) is 0 Å². The zero-order valence-electron chi connectivity index (χ0n) is 16.9. The molecule has 0 bridgehead atoms. The Hall–Kier alpha value is -2.87. The number of hydrogen-bond acceptors (Lipinski definition) is 11. The zero-order chi connectivity index (χ0) is 22.7. The maximum absolute atomic E-state index is 11.7. The van der Waals surface area contributed by atoms with Crippen LogP contribution in [0.2, 0.25) is 0 Å². The summed E-state index contributed by atoms with van der Waals surface area (Å²) >= 11 is 0. The van der Waals surface area contributed by atoms with Gasteiger partial charge in [-0.15, -0.1) is 5.10 Å². The lowest BCUT2D eigenvalue weighted by Gasteiger charge is -2.39. The van der Waals surface area contributed by atoms with Gasteiger partial charge in [0, 0.05) is 6.42 Å². The maximum atomic E-state index is 11.7. The molecule has 0 spiro atoms. The van der Waals surface area contributed by atoms with E-state index in [9.17, 15) is 25.2 Å².